The van der Waals surface area contributed by atoms with Crippen molar-refractivity contribution in [2.45, 2.75) is 43.6 Å². The molecular weight excluding hydrogens is 294 g/mol. The summed E-state index contributed by atoms with van der Waals surface area (Å²) in [6, 6.07) is 3.81. The Balaban J connectivity index is 2.68. The summed E-state index contributed by atoms with van der Waals surface area (Å²) in [5.74, 6) is 0. The molecule has 0 aliphatic carbocycles. The molecule has 1 aromatic rings. The van der Waals surface area contributed by atoms with Gasteiger partial charge in [-0.15, -0.1) is 11.3 Å². The first-order valence-corrected chi connectivity index (χ1v) is 9.00. The molecule has 7 heteroatoms. The zero-order valence-corrected chi connectivity index (χ0v) is 14.4. The van der Waals surface area contributed by atoms with E-state index in [2.05, 4.69) is 23.9 Å². The molecule has 1 aromatic heterocycles. The summed E-state index contributed by atoms with van der Waals surface area (Å²) in [6.45, 7) is 7.37. The van der Waals surface area contributed by atoms with E-state index < -0.39 is 10.0 Å². The zero-order valence-electron chi connectivity index (χ0n) is 12.8. The van der Waals surface area contributed by atoms with Crippen LogP contribution in [0.2, 0.25) is 0 Å². The van der Waals surface area contributed by atoms with E-state index in [1.807, 2.05) is 32.0 Å². The van der Waals surface area contributed by atoms with Crippen LogP contribution >= 0.6 is 11.3 Å². The van der Waals surface area contributed by atoms with E-state index in [-0.39, 0.29) is 6.04 Å². The largest absolute Gasteiger partial charge is 0.310 e. The van der Waals surface area contributed by atoms with Crippen LogP contribution in [0.3, 0.4) is 0 Å². The van der Waals surface area contributed by atoms with E-state index in [1.165, 1.54) is 11.3 Å². The highest BCUT2D eigenvalue weighted by molar-refractivity contribution is 7.91. The molecule has 0 bridgehead atoms. The molecule has 0 aliphatic rings. The Labute approximate surface area is 126 Å². The highest BCUT2D eigenvalue weighted by Crippen LogP contribution is 2.21. The normalized spacial score (nSPS) is 14.2. The molecule has 1 rings (SSSR count). The van der Waals surface area contributed by atoms with Gasteiger partial charge in [0.25, 0.3) is 0 Å². The van der Waals surface area contributed by atoms with Crippen LogP contribution in [0.25, 0.3) is 0 Å². The van der Waals surface area contributed by atoms with Gasteiger partial charge in [0.1, 0.15) is 4.21 Å². The van der Waals surface area contributed by atoms with Crippen molar-refractivity contribution in [2.75, 3.05) is 20.6 Å². The Kier molecular flexibility index (Phi) is 6.60. The molecule has 0 spiro atoms. The number of nitrogens with zero attached hydrogens (tertiary/aromatic N) is 1. The van der Waals surface area contributed by atoms with Crippen molar-refractivity contribution in [3.63, 3.8) is 0 Å². The van der Waals surface area contributed by atoms with Gasteiger partial charge in [0, 0.05) is 30.1 Å². The Morgan fingerprint density at radius 2 is 1.90 bits per heavy atom. The van der Waals surface area contributed by atoms with E-state index in [0.717, 1.165) is 4.88 Å². The van der Waals surface area contributed by atoms with Crippen molar-refractivity contribution in [3.05, 3.63) is 17.0 Å². The third-order valence-corrected chi connectivity index (χ3v) is 5.75. The Morgan fingerprint density at radius 1 is 1.25 bits per heavy atom. The maximum Gasteiger partial charge on any atom is 0.250 e. The molecule has 1 unspecified atom stereocenters. The quantitative estimate of drug-likeness (QED) is 0.762. The SMILES string of the molecule is CC(C)NCc1ccc(S(=O)(=O)NC(C)CN(C)C)s1. The fraction of sp³-hybridized carbons (Fsp3) is 0.692. The van der Waals surface area contributed by atoms with Crippen LogP contribution in [0.15, 0.2) is 16.3 Å². The molecule has 116 valence electrons. The molecule has 2 N–H and O–H groups in total. The van der Waals surface area contributed by atoms with Gasteiger partial charge in [-0.05, 0) is 33.2 Å². The molecule has 20 heavy (non-hydrogen) atoms. The summed E-state index contributed by atoms with van der Waals surface area (Å²) >= 11 is 1.32. The minimum atomic E-state index is -3.41. The molecule has 0 fully saturated rings. The van der Waals surface area contributed by atoms with Crippen LogP contribution in [0.1, 0.15) is 25.6 Å². The van der Waals surface area contributed by atoms with Crippen LogP contribution in [0.5, 0.6) is 0 Å². The molecule has 0 aromatic carbocycles. The number of likely N-dealkylation sites (N-methyl/N-ethyl adjacent to an activating group) is 1. The van der Waals surface area contributed by atoms with Crippen molar-refractivity contribution in [2.24, 2.45) is 0 Å². The lowest BCUT2D eigenvalue weighted by Crippen LogP contribution is -2.39. The fourth-order valence-corrected chi connectivity index (χ4v) is 4.37. The number of hydrogen-bond donors (Lipinski definition) is 2. The monoisotopic (exact) mass is 319 g/mol. The Morgan fingerprint density at radius 3 is 2.45 bits per heavy atom. The number of rotatable bonds is 8. The second-order valence-electron chi connectivity index (χ2n) is 5.54. The van der Waals surface area contributed by atoms with Crippen molar-refractivity contribution >= 4 is 21.4 Å². The topological polar surface area (TPSA) is 61.4 Å². The predicted octanol–water partition coefficient (Wildman–Crippen LogP) is 1.47. The highest BCUT2D eigenvalue weighted by Gasteiger charge is 2.19. The van der Waals surface area contributed by atoms with Gasteiger partial charge in [-0.2, -0.15) is 0 Å². The molecule has 0 saturated heterocycles. The summed E-state index contributed by atoms with van der Waals surface area (Å²) in [7, 11) is 0.436. The van der Waals surface area contributed by atoms with Crippen molar-refractivity contribution in [1.82, 2.24) is 14.9 Å². The Bertz CT molecular complexity index is 509. The molecule has 0 radical (unpaired) electrons. The summed E-state index contributed by atoms with van der Waals surface area (Å²) < 4.78 is 27.6. The van der Waals surface area contributed by atoms with E-state index in [9.17, 15) is 8.42 Å². The van der Waals surface area contributed by atoms with Gasteiger partial charge >= 0.3 is 0 Å². The summed E-state index contributed by atoms with van der Waals surface area (Å²) in [6.07, 6.45) is 0. The molecule has 0 saturated carbocycles. The third kappa shape index (κ3) is 5.88. The van der Waals surface area contributed by atoms with Gasteiger partial charge in [0.2, 0.25) is 10.0 Å². The maximum absolute atomic E-state index is 12.2. The number of hydrogen-bond acceptors (Lipinski definition) is 5. The van der Waals surface area contributed by atoms with Gasteiger partial charge in [-0.1, -0.05) is 13.8 Å². The number of thiophene rings is 1. The number of sulfonamides is 1. The smallest absolute Gasteiger partial charge is 0.250 e. The predicted molar refractivity (Wildman–Crippen MR) is 84.6 cm³/mol. The van der Waals surface area contributed by atoms with Crippen LogP contribution in [0, 0.1) is 0 Å². The fourth-order valence-electron chi connectivity index (χ4n) is 1.81. The first-order chi connectivity index (χ1) is 9.20. The minimum absolute atomic E-state index is 0.116. The highest BCUT2D eigenvalue weighted by atomic mass is 32.2. The maximum atomic E-state index is 12.2. The average Bonchev–Trinajstić information content (AvgIpc) is 2.73. The van der Waals surface area contributed by atoms with Crippen LogP contribution in [-0.4, -0.2) is 46.0 Å². The van der Waals surface area contributed by atoms with Crippen molar-refractivity contribution < 1.29 is 8.42 Å². The van der Waals surface area contributed by atoms with Gasteiger partial charge in [-0.3, -0.25) is 0 Å². The molecular formula is C13H25N3O2S2. The van der Waals surface area contributed by atoms with Gasteiger partial charge in [0.15, 0.2) is 0 Å². The zero-order chi connectivity index (χ0) is 15.3. The van der Waals surface area contributed by atoms with Crippen LogP contribution in [-0.2, 0) is 16.6 Å². The molecule has 0 aliphatic heterocycles. The standard InChI is InChI=1S/C13H25N3O2S2/c1-10(2)14-8-12-6-7-13(19-12)20(17,18)15-11(3)9-16(4)5/h6-7,10-11,14-15H,8-9H2,1-5H3. The molecule has 5 nitrogen and oxygen atoms in total. The van der Waals surface area contributed by atoms with E-state index in [4.69, 9.17) is 0 Å². The first kappa shape index (κ1) is 17.6. The molecule has 1 atom stereocenters. The van der Waals surface area contributed by atoms with Gasteiger partial charge in [0.05, 0.1) is 0 Å². The summed E-state index contributed by atoms with van der Waals surface area (Å²) in [5.41, 5.74) is 0. The van der Waals surface area contributed by atoms with E-state index in [0.29, 0.717) is 23.3 Å². The van der Waals surface area contributed by atoms with E-state index >= 15 is 0 Å². The lowest BCUT2D eigenvalue weighted by molar-refractivity contribution is 0.370. The number of nitrogens with one attached hydrogen (secondary N) is 2. The van der Waals surface area contributed by atoms with Crippen molar-refractivity contribution in [1.29, 1.82) is 0 Å². The van der Waals surface area contributed by atoms with Crippen molar-refractivity contribution in [3.8, 4) is 0 Å². The minimum Gasteiger partial charge on any atom is -0.310 e. The lowest BCUT2D eigenvalue weighted by atomic mass is 10.3. The second-order valence-corrected chi connectivity index (χ2v) is 8.65. The Hall–Kier alpha value is -0.470. The summed E-state index contributed by atoms with van der Waals surface area (Å²) in [4.78, 5) is 2.99. The third-order valence-electron chi connectivity index (χ3n) is 2.58. The van der Waals surface area contributed by atoms with Crippen LogP contribution < -0.4 is 10.0 Å². The second kappa shape index (κ2) is 7.51. The van der Waals surface area contributed by atoms with Crippen LogP contribution in [0.4, 0.5) is 0 Å². The van der Waals surface area contributed by atoms with Gasteiger partial charge in [-0.25, -0.2) is 13.1 Å². The first-order valence-electron chi connectivity index (χ1n) is 6.70. The van der Waals surface area contributed by atoms with E-state index in [1.54, 1.807) is 6.07 Å². The van der Waals surface area contributed by atoms with Gasteiger partial charge < -0.3 is 10.2 Å². The molecule has 0 amide bonds. The lowest BCUT2D eigenvalue weighted by Gasteiger charge is -2.17. The molecule has 1 heterocycles. The summed E-state index contributed by atoms with van der Waals surface area (Å²) in [5, 5.41) is 3.28. The average molecular weight is 319 g/mol.